The number of carbonyl (C=O) groups excluding carboxylic acids is 2. The molecule has 1 saturated heterocycles. The second-order valence-electron chi connectivity index (χ2n) is 7.21. The van der Waals surface area contributed by atoms with Gasteiger partial charge in [0.15, 0.2) is 0 Å². The number of hydrogen-bond donors (Lipinski definition) is 1. The summed E-state index contributed by atoms with van der Waals surface area (Å²) in [4.78, 5) is 26.9. The lowest BCUT2D eigenvalue weighted by Gasteiger charge is -2.24. The molecule has 1 fully saturated rings. The van der Waals surface area contributed by atoms with E-state index in [1.54, 1.807) is 30.0 Å². The zero-order valence-corrected chi connectivity index (χ0v) is 18.0. The van der Waals surface area contributed by atoms with Crippen molar-refractivity contribution in [1.29, 1.82) is 0 Å². The molecule has 0 aliphatic carbocycles. The van der Waals surface area contributed by atoms with Crippen LogP contribution >= 0.6 is 23.4 Å². The number of nitrogens with one attached hydrogen (secondary N) is 1. The van der Waals surface area contributed by atoms with Crippen molar-refractivity contribution in [3.8, 4) is 0 Å². The summed E-state index contributed by atoms with van der Waals surface area (Å²) in [6, 6.07) is 22.9. The lowest BCUT2D eigenvalue weighted by atomic mass is 10.1. The number of thioether (sulfide) groups is 1. The highest BCUT2D eigenvalue weighted by molar-refractivity contribution is 8.00. The largest absolute Gasteiger partial charge is 0.322 e. The summed E-state index contributed by atoms with van der Waals surface area (Å²) in [7, 11) is 0. The van der Waals surface area contributed by atoms with Crippen LogP contribution in [0.2, 0.25) is 5.02 Å². The Hall–Kier alpha value is -2.76. The Morgan fingerprint density at radius 1 is 1.10 bits per heavy atom. The fourth-order valence-electron chi connectivity index (χ4n) is 3.35. The third-order valence-corrected chi connectivity index (χ3v) is 6.71. The van der Waals surface area contributed by atoms with E-state index in [2.05, 4.69) is 5.32 Å². The second-order valence-corrected chi connectivity index (χ2v) is 8.69. The van der Waals surface area contributed by atoms with Crippen LogP contribution in [-0.4, -0.2) is 22.5 Å². The fraction of sp³-hybridized carbons (Fsp3) is 0.167. The van der Waals surface area contributed by atoms with Crippen LogP contribution in [0, 0.1) is 6.92 Å². The van der Waals surface area contributed by atoms with E-state index < -0.39 is 0 Å². The van der Waals surface area contributed by atoms with E-state index in [0.717, 1.165) is 16.7 Å². The highest BCUT2D eigenvalue weighted by Crippen LogP contribution is 2.39. The second kappa shape index (κ2) is 8.94. The maximum atomic E-state index is 12.6. The Balaban J connectivity index is 1.47. The number of anilines is 1. The van der Waals surface area contributed by atoms with Crippen molar-refractivity contribution in [1.82, 2.24) is 4.90 Å². The molecule has 0 radical (unpaired) electrons. The average Bonchev–Trinajstić information content (AvgIpc) is 3.12. The molecule has 152 valence electrons. The zero-order chi connectivity index (χ0) is 21.1. The van der Waals surface area contributed by atoms with Gasteiger partial charge in [-0.2, -0.15) is 0 Å². The predicted molar refractivity (Wildman–Crippen MR) is 123 cm³/mol. The van der Waals surface area contributed by atoms with Crippen LogP contribution in [0.4, 0.5) is 5.69 Å². The molecule has 4 rings (SSSR count). The third kappa shape index (κ3) is 4.53. The number of benzene rings is 3. The summed E-state index contributed by atoms with van der Waals surface area (Å²) in [6.45, 7) is 2.49. The average molecular weight is 437 g/mol. The Morgan fingerprint density at radius 2 is 1.83 bits per heavy atom. The third-order valence-electron chi connectivity index (χ3n) is 5.05. The van der Waals surface area contributed by atoms with Gasteiger partial charge in [0.1, 0.15) is 5.37 Å². The van der Waals surface area contributed by atoms with Gasteiger partial charge in [0.2, 0.25) is 5.91 Å². The first-order valence-electron chi connectivity index (χ1n) is 9.64. The van der Waals surface area contributed by atoms with Gasteiger partial charge in [-0.15, -0.1) is 11.8 Å². The van der Waals surface area contributed by atoms with Crippen LogP contribution < -0.4 is 5.32 Å². The van der Waals surface area contributed by atoms with E-state index in [-0.39, 0.29) is 17.2 Å². The minimum absolute atomic E-state index is 0.0503. The first-order valence-corrected chi connectivity index (χ1v) is 11.1. The number of rotatable bonds is 5. The lowest BCUT2D eigenvalue weighted by molar-refractivity contribution is -0.128. The van der Waals surface area contributed by atoms with E-state index in [9.17, 15) is 9.59 Å². The monoisotopic (exact) mass is 436 g/mol. The number of aryl methyl sites for hydroxylation is 1. The lowest BCUT2D eigenvalue weighted by Crippen LogP contribution is -2.27. The van der Waals surface area contributed by atoms with Crippen molar-refractivity contribution in [2.45, 2.75) is 18.8 Å². The summed E-state index contributed by atoms with van der Waals surface area (Å²) in [5, 5.41) is 3.44. The van der Waals surface area contributed by atoms with Gasteiger partial charge in [0.25, 0.3) is 5.91 Å². The molecule has 3 aromatic carbocycles. The number of halogens is 1. The highest BCUT2D eigenvalue weighted by Gasteiger charge is 2.32. The van der Waals surface area contributed by atoms with Gasteiger partial charge in [0, 0.05) is 22.8 Å². The van der Waals surface area contributed by atoms with Gasteiger partial charge in [-0.1, -0.05) is 60.1 Å². The van der Waals surface area contributed by atoms with Crippen molar-refractivity contribution >= 4 is 40.9 Å². The smallest absolute Gasteiger partial charge is 0.255 e. The summed E-state index contributed by atoms with van der Waals surface area (Å²) in [6.07, 6.45) is 0. The fourth-order valence-corrected chi connectivity index (χ4v) is 4.72. The molecule has 0 aromatic heterocycles. The molecule has 2 amide bonds. The molecule has 0 bridgehead atoms. The number of amides is 2. The maximum absolute atomic E-state index is 12.6. The normalized spacial score (nSPS) is 16.0. The van der Waals surface area contributed by atoms with E-state index >= 15 is 0 Å². The molecule has 1 atom stereocenters. The van der Waals surface area contributed by atoms with Crippen LogP contribution in [0.5, 0.6) is 0 Å². The van der Waals surface area contributed by atoms with E-state index in [1.807, 2.05) is 66.4 Å². The molecule has 3 aromatic rings. The summed E-state index contributed by atoms with van der Waals surface area (Å²) in [5.74, 6) is 0.401. The first-order chi connectivity index (χ1) is 14.5. The SMILES string of the molecule is Cc1ccc(NC(=O)c2ccc([C@H]3SCC(=O)N3Cc3ccccc3)cc2)cc1Cl. The molecule has 1 aliphatic heterocycles. The molecule has 4 nitrogen and oxygen atoms in total. The van der Waals surface area contributed by atoms with Gasteiger partial charge in [-0.05, 0) is 47.9 Å². The predicted octanol–water partition coefficient (Wildman–Crippen LogP) is 5.67. The molecular formula is C24H21ClN2O2S. The van der Waals surface area contributed by atoms with Crippen LogP contribution in [-0.2, 0) is 11.3 Å². The minimum Gasteiger partial charge on any atom is -0.322 e. The minimum atomic E-state index is -0.197. The van der Waals surface area contributed by atoms with Crippen molar-refractivity contribution in [2.24, 2.45) is 0 Å². The Kier molecular flexibility index (Phi) is 6.11. The van der Waals surface area contributed by atoms with Crippen molar-refractivity contribution in [2.75, 3.05) is 11.1 Å². The van der Waals surface area contributed by atoms with E-state index in [1.165, 1.54) is 0 Å². The molecule has 0 spiro atoms. The molecule has 0 unspecified atom stereocenters. The zero-order valence-electron chi connectivity index (χ0n) is 16.5. The molecule has 1 N–H and O–H groups in total. The van der Waals surface area contributed by atoms with Crippen molar-refractivity contribution < 1.29 is 9.59 Å². The quantitative estimate of drug-likeness (QED) is 0.560. The van der Waals surface area contributed by atoms with Crippen LogP contribution in [0.15, 0.2) is 72.8 Å². The number of hydrogen-bond acceptors (Lipinski definition) is 3. The summed E-state index contributed by atoms with van der Waals surface area (Å²) >= 11 is 7.75. The Labute approximate surface area is 185 Å². The van der Waals surface area contributed by atoms with Crippen molar-refractivity contribution in [3.63, 3.8) is 0 Å². The summed E-state index contributed by atoms with van der Waals surface area (Å²) < 4.78 is 0. The molecular weight excluding hydrogens is 416 g/mol. The van der Waals surface area contributed by atoms with Crippen LogP contribution in [0.25, 0.3) is 0 Å². The molecule has 0 saturated carbocycles. The molecule has 30 heavy (non-hydrogen) atoms. The van der Waals surface area contributed by atoms with Gasteiger partial charge < -0.3 is 10.2 Å². The number of carbonyl (C=O) groups is 2. The molecule has 6 heteroatoms. The van der Waals surface area contributed by atoms with Gasteiger partial charge in [-0.3, -0.25) is 9.59 Å². The number of nitrogens with zero attached hydrogens (tertiary/aromatic N) is 1. The topological polar surface area (TPSA) is 49.4 Å². The Bertz CT molecular complexity index is 1070. The van der Waals surface area contributed by atoms with Gasteiger partial charge in [0.05, 0.1) is 5.75 Å². The van der Waals surface area contributed by atoms with E-state index in [4.69, 9.17) is 11.6 Å². The molecule has 1 aliphatic rings. The summed E-state index contributed by atoms with van der Waals surface area (Å²) in [5.41, 5.74) is 4.29. The molecule has 1 heterocycles. The van der Waals surface area contributed by atoms with Gasteiger partial charge in [-0.25, -0.2) is 0 Å². The Morgan fingerprint density at radius 3 is 2.53 bits per heavy atom. The van der Waals surface area contributed by atoms with Crippen LogP contribution in [0.3, 0.4) is 0 Å². The van der Waals surface area contributed by atoms with E-state index in [0.29, 0.717) is 28.6 Å². The maximum Gasteiger partial charge on any atom is 0.255 e. The van der Waals surface area contributed by atoms with Crippen molar-refractivity contribution in [3.05, 3.63) is 100 Å². The van der Waals surface area contributed by atoms with Crippen LogP contribution in [0.1, 0.15) is 32.4 Å². The standard InChI is InChI=1S/C24H21ClN2O2S/c1-16-7-12-20(13-21(16)25)26-23(29)18-8-10-19(11-9-18)24-27(22(28)15-30-24)14-17-5-3-2-4-6-17/h2-13,24H,14-15H2,1H3,(H,26,29)/t24-/m1/s1. The first kappa shape index (κ1) is 20.5. The highest BCUT2D eigenvalue weighted by atomic mass is 35.5. The van der Waals surface area contributed by atoms with Gasteiger partial charge >= 0.3 is 0 Å².